The van der Waals surface area contributed by atoms with Crippen molar-refractivity contribution in [2.75, 3.05) is 11.5 Å². The summed E-state index contributed by atoms with van der Waals surface area (Å²) in [5.74, 6) is 6.52. The van der Waals surface area contributed by atoms with E-state index in [0.717, 1.165) is 32.5 Å². The Kier molecular flexibility index (Phi) is 3.05. The van der Waals surface area contributed by atoms with Crippen LogP contribution < -0.4 is 11.5 Å². The number of anilines is 2. The summed E-state index contributed by atoms with van der Waals surface area (Å²) in [6.07, 6.45) is 1.73. The Morgan fingerprint density at radius 1 is 1.15 bits per heavy atom. The molecule has 4 N–H and O–H groups in total. The number of fused-ring (bicyclic) bond motifs is 1. The molecule has 3 rings (SSSR count). The third kappa shape index (κ3) is 1.98. The first-order valence-electron chi connectivity index (χ1n) is 6.15. The molecule has 0 saturated carbocycles. The number of nitrogens with two attached hydrogens (primary N) is 2. The summed E-state index contributed by atoms with van der Waals surface area (Å²) in [7, 11) is 0. The van der Waals surface area contributed by atoms with Gasteiger partial charge < -0.3 is 11.5 Å². The highest BCUT2D eigenvalue weighted by Crippen LogP contribution is 2.38. The average Bonchev–Trinajstić information content (AvgIpc) is 2.89. The van der Waals surface area contributed by atoms with Gasteiger partial charge in [0.05, 0.1) is 10.3 Å². The van der Waals surface area contributed by atoms with E-state index in [4.69, 9.17) is 11.5 Å². The molecule has 3 nitrogen and oxygen atoms in total. The zero-order chi connectivity index (χ0) is 14.1. The Morgan fingerprint density at radius 3 is 2.60 bits per heavy atom. The predicted molar refractivity (Wildman–Crippen MR) is 86.4 cm³/mol. The Morgan fingerprint density at radius 2 is 1.90 bits per heavy atom. The van der Waals surface area contributed by atoms with Crippen LogP contribution in [-0.4, -0.2) is 4.98 Å². The lowest BCUT2D eigenvalue weighted by atomic mass is 10.0. The molecule has 0 radical (unpaired) electrons. The standard InChI is InChI=1S/C16H13N3S/c1-2-3-11-8-19-16(18)14-13(9-20-15(11)14)10-4-6-12(17)7-5-10/h4-9H,17H2,1H3,(H2,18,19). The van der Waals surface area contributed by atoms with Gasteiger partial charge in [0, 0.05) is 22.8 Å². The van der Waals surface area contributed by atoms with Crippen molar-refractivity contribution in [1.82, 2.24) is 4.98 Å². The lowest BCUT2D eigenvalue weighted by Crippen LogP contribution is -1.92. The molecule has 0 aliphatic rings. The van der Waals surface area contributed by atoms with Gasteiger partial charge >= 0.3 is 0 Å². The summed E-state index contributed by atoms with van der Waals surface area (Å²) in [6.45, 7) is 1.82. The Balaban J connectivity index is 2.29. The van der Waals surface area contributed by atoms with Gasteiger partial charge in [-0.05, 0) is 30.0 Å². The van der Waals surface area contributed by atoms with Crippen molar-refractivity contribution in [3.8, 4) is 23.0 Å². The molecule has 0 spiro atoms. The van der Waals surface area contributed by atoms with Gasteiger partial charge in [-0.1, -0.05) is 18.1 Å². The summed E-state index contributed by atoms with van der Waals surface area (Å²) in [6, 6.07) is 7.76. The maximum atomic E-state index is 6.06. The number of hydrogen-bond donors (Lipinski definition) is 2. The van der Waals surface area contributed by atoms with E-state index < -0.39 is 0 Å². The van der Waals surface area contributed by atoms with Gasteiger partial charge in [0.15, 0.2) is 0 Å². The molecule has 0 amide bonds. The van der Waals surface area contributed by atoms with E-state index in [9.17, 15) is 0 Å². The molecule has 0 fully saturated rings. The molecule has 0 aliphatic heterocycles. The molecule has 2 heterocycles. The number of aromatic nitrogens is 1. The zero-order valence-electron chi connectivity index (χ0n) is 11.0. The van der Waals surface area contributed by atoms with Crippen molar-refractivity contribution >= 4 is 32.9 Å². The highest BCUT2D eigenvalue weighted by Gasteiger charge is 2.13. The monoisotopic (exact) mass is 279 g/mol. The van der Waals surface area contributed by atoms with Gasteiger partial charge in [0.2, 0.25) is 0 Å². The fourth-order valence-electron chi connectivity index (χ4n) is 2.17. The quantitative estimate of drug-likeness (QED) is 0.529. The molecule has 0 bridgehead atoms. The van der Waals surface area contributed by atoms with Crippen LogP contribution in [0.3, 0.4) is 0 Å². The third-order valence-corrected chi connectivity index (χ3v) is 4.12. The molecule has 98 valence electrons. The van der Waals surface area contributed by atoms with Gasteiger partial charge in [-0.2, -0.15) is 0 Å². The second kappa shape index (κ2) is 4.87. The first-order valence-corrected chi connectivity index (χ1v) is 7.03. The molecule has 4 heteroatoms. The van der Waals surface area contributed by atoms with E-state index in [1.165, 1.54) is 0 Å². The van der Waals surface area contributed by atoms with Crippen LogP contribution in [0.5, 0.6) is 0 Å². The lowest BCUT2D eigenvalue weighted by molar-refractivity contribution is 1.36. The molecule has 0 saturated heterocycles. The number of rotatable bonds is 1. The Labute approximate surface area is 121 Å². The summed E-state index contributed by atoms with van der Waals surface area (Å²) >= 11 is 1.64. The maximum absolute atomic E-state index is 6.06. The van der Waals surface area contributed by atoms with E-state index in [1.54, 1.807) is 17.5 Å². The molecule has 0 atom stereocenters. The number of thiophene rings is 1. The second-order valence-corrected chi connectivity index (χ2v) is 5.29. The van der Waals surface area contributed by atoms with Gasteiger partial charge in [0.1, 0.15) is 5.82 Å². The topological polar surface area (TPSA) is 64.9 Å². The molecule has 2 aromatic heterocycles. The maximum Gasteiger partial charge on any atom is 0.132 e. The molecule has 3 aromatic rings. The van der Waals surface area contributed by atoms with Crippen molar-refractivity contribution in [1.29, 1.82) is 0 Å². The van der Waals surface area contributed by atoms with E-state index in [0.29, 0.717) is 5.82 Å². The van der Waals surface area contributed by atoms with E-state index in [2.05, 4.69) is 22.2 Å². The molecular weight excluding hydrogens is 266 g/mol. The number of nitrogen functional groups attached to an aromatic ring is 2. The average molecular weight is 279 g/mol. The van der Waals surface area contributed by atoms with Crippen molar-refractivity contribution < 1.29 is 0 Å². The SMILES string of the molecule is CC#Cc1cnc(N)c2c(-c3ccc(N)cc3)csc12. The lowest BCUT2D eigenvalue weighted by Gasteiger charge is -2.03. The van der Waals surface area contributed by atoms with Gasteiger partial charge in [-0.3, -0.25) is 0 Å². The molecule has 0 aliphatic carbocycles. The van der Waals surface area contributed by atoms with Crippen molar-refractivity contribution in [2.24, 2.45) is 0 Å². The van der Waals surface area contributed by atoms with Crippen LogP contribution in [0.2, 0.25) is 0 Å². The van der Waals surface area contributed by atoms with Crippen molar-refractivity contribution in [3.63, 3.8) is 0 Å². The van der Waals surface area contributed by atoms with Crippen LogP contribution in [0.25, 0.3) is 21.2 Å². The van der Waals surface area contributed by atoms with E-state index in [1.807, 2.05) is 31.2 Å². The summed E-state index contributed by atoms with van der Waals surface area (Å²) in [4.78, 5) is 4.26. The normalized spacial score (nSPS) is 10.2. The largest absolute Gasteiger partial charge is 0.399 e. The minimum absolute atomic E-state index is 0.537. The van der Waals surface area contributed by atoms with Crippen LogP contribution in [0.15, 0.2) is 35.8 Å². The third-order valence-electron chi connectivity index (χ3n) is 3.11. The van der Waals surface area contributed by atoms with Crippen LogP contribution in [0, 0.1) is 11.8 Å². The number of benzene rings is 1. The highest BCUT2D eigenvalue weighted by atomic mass is 32.1. The summed E-state index contributed by atoms with van der Waals surface area (Å²) in [5, 5.41) is 3.06. The van der Waals surface area contributed by atoms with E-state index >= 15 is 0 Å². The molecule has 1 aromatic carbocycles. The van der Waals surface area contributed by atoms with Gasteiger partial charge in [-0.15, -0.1) is 17.3 Å². The van der Waals surface area contributed by atoms with Gasteiger partial charge in [0.25, 0.3) is 0 Å². The fourth-order valence-corrected chi connectivity index (χ4v) is 3.22. The molecular formula is C16H13N3S. The zero-order valence-corrected chi connectivity index (χ0v) is 11.8. The smallest absolute Gasteiger partial charge is 0.132 e. The van der Waals surface area contributed by atoms with Crippen LogP contribution >= 0.6 is 11.3 Å². The van der Waals surface area contributed by atoms with Crippen molar-refractivity contribution in [3.05, 3.63) is 41.4 Å². The first kappa shape index (κ1) is 12.5. The summed E-state index contributed by atoms with van der Waals surface area (Å²) in [5.41, 5.74) is 15.6. The fraction of sp³-hybridized carbons (Fsp3) is 0.0625. The second-order valence-electron chi connectivity index (χ2n) is 4.41. The molecule has 0 unspecified atom stereocenters. The van der Waals surface area contributed by atoms with E-state index in [-0.39, 0.29) is 0 Å². The Bertz CT molecular complexity index is 836. The van der Waals surface area contributed by atoms with Gasteiger partial charge in [-0.25, -0.2) is 4.98 Å². The Hall–Kier alpha value is -2.51. The minimum atomic E-state index is 0.537. The van der Waals surface area contributed by atoms with Crippen LogP contribution in [0.1, 0.15) is 12.5 Å². The molecule has 20 heavy (non-hydrogen) atoms. The summed E-state index contributed by atoms with van der Waals surface area (Å²) < 4.78 is 1.08. The highest BCUT2D eigenvalue weighted by molar-refractivity contribution is 7.18. The number of nitrogens with zero attached hydrogens (tertiary/aromatic N) is 1. The number of pyridine rings is 1. The van der Waals surface area contributed by atoms with Crippen LogP contribution in [0.4, 0.5) is 11.5 Å². The predicted octanol–water partition coefficient (Wildman–Crippen LogP) is 3.50. The van der Waals surface area contributed by atoms with Crippen LogP contribution in [-0.2, 0) is 0 Å². The number of hydrogen-bond acceptors (Lipinski definition) is 4. The first-order chi connectivity index (χ1) is 9.70. The van der Waals surface area contributed by atoms with Crippen molar-refractivity contribution in [2.45, 2.75) is 6.92 Å². The minimum Gasteiger partial charge on any atom is -0.399 e.